The smallest absolute Gasteiger partial charge is 0.278 e. The lowest BCUT2D eigenvalue weighted by Gasteiger charge is -2.03. The maximum absolute atomic E-state index is 12.3. The van der Waals surface area contributed by atoms with Crippen molar-refractivity contribution in [2.24, 2.45) is 0 Å². The van der Waals surface area contributed by atoms with E-state index in [1.807, 2.05) is 0 Å². The molecule has 0 unspecified atom stereocenters. The Hall–Kier alpha value is -2.33. The van der Waals surface area contributed by atoms with E-state index in [0.29, 0.717) is 16.3 Å². The van der Waals surface area contributed by atoms with Gasteiger partial charge in [0, 0.05) is 21.7 Å². The van der Waals surface area contributed by atoms with Gasteiger partial charge in [0.1, 0.15) is 0 Å². The molecule has 5 heteroatoms. The number of nitrogen functional groups attached to an aromatic ring is 1. The van der Waals surface area contributed by atoms with Crippen LogP contribution in [-0.4, -0.2) is 15.7 Å². The predicted octanol–water partition coefficient (Wildman–Crippen LogP) is 2.96. The lowest BCUT2D eigenvalue weighted by atomic mass is 10.2. The summed E-state index contributed by atoms with van der Waals surface area (Å²) in [4.78, 5) is 12.3. The lowest BCUT2D eigenvalue weighted by Crippen LogP contribution is -2.13. The van der Waals surface area contributed by atoms with Gasteiger partial charge in [-0.1, -0.05) is 11.6 Å². The topological polar surface area (TPSA) is 60.9 Å². The first kappa shape index (κ1) is 11.7. The van der Waals surface area contributed by atoms with E-state index in [-0.39, 0.29) is 5.91 Å². The van der Waals surface area contributed by atoms with Crippen molar-refractivity contribution < 1.29 is 4.79 Å². The zero-order chi connectivity index (χ0) is 13.4. The molecule has 4 nitrogen and oxygen atoms in total. The highest BCUT2D eigenvalue weighted by Crippen LogP contribution is 2.18. The van der Waals surface area contributed by atoms with Crippen LogP contribution in [0, 0.1) is 0 Å². The standard InChI is InChI=1S/C14H10ClN3O/c15-11-3-1-9(2-4-11)14(19)18-13-6-5-12(16)7-10(13)8-17-18/h1-8H,16H2. The van der Waals surface area contributed by atoms with E-state index in [4.69, 9.17) is 17.3 Å². The molecule has 1 heterocycles. The van der Waals surface area contributed by atoms with Crippen molar-refractivity contribution in [3.05, 3.63) is 59.2 Å². The van der Waals surface area contributed by atoms with Crippen LogP contribution in [0.15, 0.2) is 48.7 Å². The number of nitrogens with two attached hydrogens (primary N) is 1. The quantitative estimate of drug-likeness (QED) is 0.692. The Balaban J connectivity index is 2.09. The van der Waals surface area contributed by atoms with Crippen molar-refractivity contribution in [1.82, 2.24) is 9.78 Å². The van der Waals surface area contributed by atoms with Gasteiger partial charge >= 0.3 is 0 Å². The summed E-state index contributed by atoms with van der Waals surface area (Å²) in [6.07, 6.45) is 1.62. The molecule has 0 saturated carbocycles. The highest BCUT2D eigenvalue weighted by Gasteiger charge is 2.12. The number of fused-ring (bicyclic) bond motifs is 1. The summed E-state index contributed by atoms with van der Waals surface area (Å²) in [5.74, 6) is -0.198. The van der Waals surface area contributed by atoms with Gasteiger partial charge in [-0.05, 0) is 42.5 Å². The largest absolute Gasteiger partial charge is 0.399 e. The minimum Gasteiger partial charge on any atom is -0.399 e. The van der Waals surface area contributed by atoms with Crippen LogP contribution in [0.1, 0.15) is 10.4 Å². The van der Waals surface area contributed by atoms with E-state index in [1.165, 1.54) is 4.68 Å². The Bertz CT molecular complexity index is 762. The number of aromatic nitrogens is 2. The fourth-order valence-electron chi connectivity index (χ4n) is 1.93. The summed E-state index contributed by atoms with van der Waals surface area (Å²) in [6.45, 7) is 0. The van der Waals surface area contributed by atoms with Gasteiger partial charge in [-0.2, -0.15) is 9.78 Å². The van der Waals surface area contributed by atoms with Crippen molar-refractivity contribution >= 4 is 34.1 Å². The molecule has 0 radical (unpaired) electrons. The summed E-state index contributed by atoms with van der Waals surface area (Å²) >= 11 is 5.81. The van der Waals surface area contributed by atoms with Gasteiger partial charge in [0.15, 0.2) is 0 Å². The highest BCUT2D eigenvalue weighted by molar-refractivity contribution is 6.30. The maximum Gasteiger partial charge on any atom is 0.278 e. The van der Waals surface area contributed by atoms with E-state index < -0.39 is 0 Å². The number of carbonyl (C=O) groups excluding carboxylic acids is 1. The van der Waals surface area contributed by atoms with Gasteiger partial charge in [0.2, 0.25) is 0 Å². The molecule has 94 valence electrons. The van der Waals surface area contributed by atoms with Crippen LogP contribution in [0.5, 0.6) is 0 Å². The first-order chi connectivity index (χ1) is 9.15. The van der Waals surface area contributed by atoms with Crippen molar-refractivity contribution in [1.29, 1.82) is 0 Å². The number of rotatable bonds is 1. The zero-order valence-corrected chi connectivity index (χ0v) is 10.6. The number of benzene rings is 2. The minimum atomic E-state index is -0.198. The van der Waals surface area contributed by atoms with Gasteiger partial charge in [0.05, 0.1) is 11.7 Å². The summed E-state index contributed by atoms with van der Waals surface area (Å²) < 4.78 is 1.36. The Morgan fingerprint density at radius 3 is 2.63 bits per heavy atom. The number of hydrogen-bond acceptors (Lipinski definition) is 3. The van der Waals surface area contributed by atoms with Gasteiger partial charge in [-0.15, -0.1) is 0 Å². The molecule has 0 bridgehead atoms. The molecule has 0 fully saturated rings. The van der Waals surface area contributed by atoms with E-state index >= 15 is 0 Å². The predicted molar refractivity (Wildman–Crippen MR) is 75.3 cm³/mol. The van der Waals surface area contributed by atoms with Crippen LogP contribution < -0.4 is 5.73 Å². The molecule has 0 spiro atoms. The first-order valence-electron chi connectivity index (χ1n) is 5.69. The Kier molecular flexibility index (Phi) is 2.72. The van der Waals surface area contributed by atoms with Gasteiger partial charge in [-0.25, -0.2) is 0 Å². The average molecular weight is 272 g/mol. The third kappa shape index (κ3) is 2.06. The molecule has 3 rings (SSSR count). The molecular formula is C14H10ClN3O. The van der Waals surface area contributed by atoms with E-state index in [0.717, 1.165) is 10.9 Å². The molecule has 0 aliphatic rings. The van der Waals surface area contributed by atoms with Crippen LogP contribution in [0.4, 0.5) is 5.69 Å². The Morgan fingerprint density at radius 2 is 1.89 bits per heavy atom. The summed E-state index contributed by atoms with van der Waals surface area (Å²) in [7, 11) is 0. The molecule has 0 saturated heterocycles. The fraction of sp³-hybridized carbons (Fsp3) is 0. The van der Waals surface area contributed by atoms with Crippen molar-refractivity contribution in [2.45, 2.75) is 0 Å². The Labute approximate surface area is 114 Å². The molecule has 0 atom stereocenters. The van der Waals surface area contributed by atoms with E-state index in [2.05, 4.69) is 5.10 Å². The summed E-state index contributed by atoms with van der Waals surface area (Å²) in [5, 5.41) is 5.54. The van der Waals surface area contributed by atoms with Gasteiger partial charge < -0.3 is 5.73 Å². The monoisotopic (exact) mass is 271 g/mol. The number of hydrogen-bond donors (Lipinski definition) is 1. The first-order valence-corrected chi connectivity index (χ1v) is 6.06. The maximum atomic E-state index is 12.3. The van der Waals surface area contributed by atoms with Gasteiger partial charge in [0.25, 0.3) is 5.91 Å². The molecule has 1 aromatic heterocycles. The SMILES string of the molecule is Nc1ccc2c(cnn2C(=O)c2ccc(Cl)cc2)c1. The van der Waals surface area contributed by atoms with Crippen molar-refractivity contribution in [3.8, 4) is 0 Å². The normalized spacial score (nSPS) is 10.8. The van der Waals surface area contributed by atoms with Gasteiger partial charge in [-0.3, -0.25) is 4.79 Å². The number of carbonyl (C=O) groups is 1. The minimum absolute atomic E-state index is 0.198. The second-order valence-corrected chi connectivity index (χ2v) is 4.62. The molecule has 2 N–H and O–H groups in total. The molecule has 2 aromatic carbocycles. The molecule has 0 aliphatic carbocycles. The van der Waals surface area contributed by atoms with Crippen LogP contribution >= 0.6 is 11.6 Å². The van der Waals surface area contributed by atoms with Crippen molar-refractivity contribution in [2.75, 3.05) is 5.73 Å². The number of anilines is 1. The van der Waals surface area contributed by atoms with Crippen LogP contribution in [0.2, 0.25) is 5.02 Å². The lowest BCUT2D eigenvalue weighted by molar-refractivity contribution is 0.0950. The third-order valence-corrected chi connectivity index (χ3v) is 3.13. The molecular weight excluding hydrogens is 262 g/mol. The van der Waals surface area contributed by atoms with Crippen LogP contribution in [-0.2, 0) is 0 Å². The number of nitrogens with zero attached hydrogens (tertiary/aromatic N) is 2. The van der Waals surface area contributed by atoms with Crippen molar-refractivity contribution in [3.63, 3.8) is 0 Å². The van der Waals surface area contributed by atoms with Crippen LogP contribution in [0.3, 0.4) is 0 Å². The average Bonchev–Trinajstić information content (AvgIpc) is 2.81. The van der Waals surface area contributed by atoms with E-state index in [9.17, 15) is 4.79 Å². The second kappa shape index (κ2) is 4.40. The highest BCUT2D eigenvalue weighted by atomic mass is 35.5. The Morgan fingerprint density at radius 1 is 1.16 bits per heavy atom. The summed E-state index contributed by atoms with van der Waals surface area (Å²) in [5.41, 5.74) is 7.61. The third-order valence-electron chi connectivity index (χ3n) is 2.88. The molecule has 19 heavy (non-hydrogen) atoms. The molecule has 0 amide bonds. The molecule has 3 aromatic rings. The molecule has 0 aliphatic heterocycles. The fourth-order valence-corrected chi connectivity index (χ4v) is 2.05. The second-order valence-electron chi connectivity index (χ2n) is 4.19. The van der Waals surface area contributed by atoms with E-state index in [1.54, 1.807) is 48.7 Å². The zero-order valence-electron chi connectivity index (χ0n) is 9.88. The summed E-state index contributed by atoms with van der Waals surface area (Å²) in [6, 6.07) is 12.0. The van der Waals surface area contributed by atoms with Crippen LogP contribution in [0.25, 0.3) is 10.9 Å². The number of halogens is 1.